The number of hydrogen-bond acceptors (Lipinski definition) is 4. The smallest absolute Gasteiger partial charge is 0.139 e. The summed E-state index contributed by atoms with van der Waals surface area (Å²) in [5.41, 5.74) is 8.49. The van der Waals surface area contributed by atoms with Gasteiger partial charge >= 0.3 is 0 Å². The van der Waals surface area contributed by atoms with E-state index in [0.29, 0.717) is 16.6 Å². The van der Waals surface area contributed by atoms with E-state index in [2.05, 4.69) is 9.97 Å². The quantitative estimate of drug-likeness (QED) is 0.807. The van der Waals surface area contributed by atoms with Crippen molar-refractivity contribution in [2.45, 2.75) is 0 Å². The molecule has 6 heteroatoms. The van der Waals surface area contributed by atoms with Crippen LogP contribution in [0.3, 0.4) is 0 Å². The molecular weight excluding hydrogens is 288 g/mol. The van der Waals surface area contributed by atoms with Crippen LogP contribution in [0.4, 0.5) is 5.82 Å². The van der Waals surface area contributed by atoms with E-state index in [1.54, 1.807) is 38.0 Å². The van der Waals surface area contributed by atoms with Gasteiger partial charge in [0.05, 0.1) is 36.0 Å². The van der Waals surface area contributed by atoms with Crippen molar-refractivity contribution >= 4 is 17.4 Å². The number of ether oxygens (including phenoxy) is 1. The number of rotatable bonds is 3. The number of benzene rings is 1. The van der Waals surface area contributed by atoms with Gasteiger partial charge in [-0.3, -0.25) is 4.57 Å². The fourth-order valence-corrected chi connectivity index (χ4v) is 2.32. The number of halogens is 1. The minimum absolute atomic E-state index is 0.467. The Morgan fingerprint density at radius 3 is 2.86 bits per heavy atom. The Labute approximate surface area is 127 Å². The Bertz CT molecular complexity index is 785. The molecule has 1 aromatic carbocycles. The summed E-state index contributed by atoms with van der Waals surface area (Å²) in [6, 6.07) is 9.25. The molecule has 0 saturated heterocycles. The fourth-order valence-electron chi connectivity index (χ4n) is 2.12. The third kappa shape index (κ3) is 2.55. The van der Waals surface area contributed by atoms with Crippen molar-refractivity contribution in [3.05, 3.63) is 54.1 Å². The third-order valence-electron chi connectivity index (χ3n) is 3.13. The average Bonchev–Trinajstić information content (AvgIpc) is 2.97. The molecule has 0 saturated carbocycles. The van der Waals surface area contributed by atoms with Gasteiger partial charge in [0.25, 0.3) is 0 Å². The summed E-state index contributed by atoms with van der Waals surface area (Å²) in [5.74, 6) is 1.08. The van der Waals surface area contributed by atoms with E-state index >= 15 is 0 Å². The van der Waals surface area contributed by atoms with Crippen LogP contribution in [0.25, 0.3) is 16.9 Å². The molecule has 21 heavy (non-hydrogen) atoms. The number of imidazole rings is 1. The van der Waals surface area contributed by atoms with Crippen molar-refractivity contribution in [1.29, 1.82) is 0 Å². The molecule has 0 aliphatic rings. The predicted molar refractivity (Wildman–Crippen MR) is 82.8 cm³/mol. The number of pyridine rings is 1. The molecule has 3 aromatic rings. The first-order valence-electron chi connectivity index (χ1n) is 6.27. The molecule has 2 aromatic heterocycles. The van der Waals surface area contributed by atoms with Crippen LogP contribution in [0.5, 0.6) is 5.75 Å². The van der Waals surface area contributed by atoms with Crippen LogP contribution in [-0.2, 0) is 0 Å². The molecule has 0 bridgehead atoms. The summed E-state index contributed by atoms with van der Waals surface area (Å²) in [7, 11) is 1.59. The van der Waals surface area contributed by atoms with Crippen LogP contribution in [0.1, 0.15) is 0 Å². The number of nitrogens with zero attached hydrogens (tertiary/aromatic N) is 3. The maximum absolute atomic E-state index is 6.06. The summed E-state index contributed by atoms with van der Waals surface area (Å²) < 4.78 is 7.19. The standard InChI is InChI=1S/C15H13ClN4O/c1-21-14-7-11(2-3-12(14)16)20-9-18-8-13(20)10-4-5-19-15(17)6-10/h2-9H,1H3,(H2,17,19). The van der Waals surface area contributed by atoms with Gasteiger partial charge in [-0.2, -0.15) is 0 Å². The molecule has 2 N–H and O–H groups in total. The lowest BCUT2D eigenvalue weighted by molar-refractivity contribution is 0.415. The van der Waals surface area contributed by atoms with Gasteiger partial charge in [-0.25, -0.2) is 9.97 Å². The molecule has 0 amide bonds. The molecule has 106 valence electrons. The van der Waals surface area contributed by atoms with E-state index in [-0.39, 0.29) is 0 Å². The first-order valence-corrected chi connectivity index (χ1v) is 6.65. The topological polar surface area (TPSA) is 66.0 Å². The third-order valence-corrected chi connectivity index (χ3v) is 3.44. The number of hydrogen-bond donors (Lipinski definition) is 1. The minimum atomic E-state index is 0.467. The van der Waals surface area contributed by atoms with Crippen LogP contribution in [0, 0.1) is 0 Å². The fraction of sp³-hybridized carbons (Fsp3) is 0.0667. The molecule has 2 heterocycles. The van der Waals surface area contributed by atoms with E-state index in [9.17, 15) is 0 Å². The van der Waals surface area contributed by atoms with E-state index < -0.39 is 0 Å². The molecule has 0 aliphatic carbocycles. The van der Waals surface area contributed by atoms with E-state index in [1.165, 1.54) is 0 Å². The second kappa shape index (κ2) is 5.46. The van der Waals surface area contributed by atoms with Gasteiger partial charge in [0.15, 0.2) is 0 Å². The molecule has 0 aliphatic heterocycles. The monoisotopic (exact) mass is 300 g/mol. The lowest BCUT2D eigenvalue weighted by Crippen LogP contribution is -1.97. The van der Waals surface area contributed by atoms with Gasteiger partial charge in [0.1, 0.15) is 11.6 Å². The van der Waals surface area contributed by atoms with Crippen molar-refractivity contribution in [3.8, 4) is 22.7 Å². The zero-order valence-electron chi connectivity index (χ0n) is 11.3. The molecule has 5 nitrogen and oxygen atoms in total. The average molecular weight is 301 g/mol. The predicted octanol–water partition coefficient (Wildman–Crippen LogP) is 3.18. The molecule has 0 atom stereocenters. The van der Waals surface area contributed by atoms with Crippen LogP contribution in [0.2, 0.25) is 5.02 Å². The molecule has 0 fully saturated rings. The van der Waals surface area contributed by atoms with Crippen molar-refractivity contribution in [3.63, 3.8) is 0 Å². The SMILES string of the molecule is COc1cc(-n2cncc2-c2ccnc(N)c2)ccc1Cl. The number of nitrogens with two attached hydrogens (primary N) is 1. The Morgan fingerprint density at radius 1 is 1.24 bits per heavy atom. The lowest BCUT2D eigenvalue weighted by atomic mass is 10.2. The molecule has 3 rings (SSSR count). The van der Waals surface area contributed by atoms with Gasteiger partial charge in [-0.05, 0) is 24.3 Å². The van der Waals surface area contributed by atoms with Crippen molar-refractivity contribution in [2.75, 3.05) is 12.8 Å². The van der Waals surface area contributed by atoms with Crippen molar-refractivity contribution in [2.24, 2.45) is 0 Å². The van der Waals surface area contributed by atoms with E-state index in [1.807, 2.05) is 22.8 Å². The highest BCUT2D eigenvalue weighted by Gasteiger charge is 2.10. The Kier molecular flexibility index (Phi) is 3.50. The highest BCUT2D eigenvalue weighted by Crippen LogP contribution is 2.29. The van der Waals surface area contributed by atoms with Crippen LogP contribution >= 0.6 is 11.6 Å². The van der Waals surface area contributed by atoms with E-state index in [0.717, 1.165) is 16.9 Å². The molecule has 0 spiro atoms. The number of methoxy groups -OCH3 is 1. The zero-order chi connectivity index (χ0) is 14.8. The molecular formula is C15H13ClN4O. The second-order valence-electron chi connectivity index (χ2n) is 4.44. The summed E-state index contributed by atoms with van der Waals surface area (Å²) in [5, 5.41) is 0.566. The van der Waals surface area contributed by atoms with Crippen molar-refractivity contribution < 1.29 is 4.74 Å². The Morgan fingerprint density at radius 2 is 2.10 bits per heavy atom. The Hall–Kier alpha value is -2.53. The summed E-state index contributed by atoms with van der Waals surface area (Å²) in [6.07, 6.45) is 5.18. The second-order valence-corrected chi connectivity index (χ2v) is 4.84. The largest absolute Gasteiger partial charge is 0.495 e. The Balaban J connectivity index is 2.11. The highest BCUT2D eigenvalue weighted by molar-refractivity contribution is 6.32. The van der Waals surface area contributed by atoms with E-state index in [4.69, 9.17) is 22.1 Å². The minimum Gasteiger partial charge on any atom is -0.495 e. The zero-order valence-corrected chi connectivity index (χ0v) is 12.1. The summed E-state index contributed by atoms with van der Waals surface area (Å²) >= 11 is 6.06. The highest BCUT2D eigenvalue weighted by atomic mass is 35.5. The maximum atomic E-state index is 6.06. The lowest BCUT2D eigenvalue weighted by Gasteiger charge is -2.11. The summed E-state index contributed by atoms with van der Waals surface area (Å²) in [6.45, 7) is 0. The first-order chi connectivity index (χ1) is 10.2. The van der Waals surface area contributed by atoms with Crippen LogP contribution < -0.4 is 10.5 Å². The van der Waals surface area contributed by atoms with Gasteiger partial charge in [-0.15, -0.1) is 0 Å². The van der Waals surface area contributed by atoms with Crippen LogP contribution in [-0.4, -0.2) is 21.6 Å². The molecule has 0 unspecified atom stereocenters. The molecule has 0 radical (unpaired) electrons. The maximum Gasteiger partial charge on any atom is 0.139 e. The summed E-state index contributed by atoms with van der Waals surface area (Å²) in [4.78, 5) is 8.21. The van der Waals surface area contributed by atoms with Crippen molar-refractivity contribution in [1.82, 2.24) is 14.5 Å². The van der Waals surface area contributed by atoms with Gasteiger partial charge in [0, 0.05) is 17.8 Å². The van der Waals surface area contributed by atoms with Gasteiger partial charge in [-0.1, -0.05) is 11.6 Å². The van der Waals surface area contributed by atoms with Gasteiger partial charge < -0.3 is 10.5 Å². The first kappa shape index (κ1) is 13.5. The number of anilines is 1. The van der Waals surface area contributed by atoms with Gasteiger partial charge in [0.2, 0.25) is 0 Å². The number of nitrogen functional groups attached to an aromatic ring is 1. The number of aromatic nitrogens is 3. The van der Waals surface area contributed by atoms with Crippen LogP contribution in [0.15, 0.2) is 49.1 Å². The normalized spacial score (nSPS) is 10.6.